The standard InChI is InChI=1S/C6H11NO3/c1-2-3-5(4-7-10)6(8)9/h4-5,10H,2-3H2,1H3,(H,8,9). The number of carboxylic acids is 1. The Kier molecular flexibility index (Phi) is 4.28. The number of oxime groups is 1. The summed E-state index contributed by atoms with van der Waals surface area (Å²) in [6.45, 7) is 1.88. The third-order valence-corrected chi connectivity index (χ3v) is 1.16. The Balaban J connectivity index is 3.85. The molecule has 10 heavy (non-hydrogen) atoms. The van der Waals surface area contributed by atoms with Crippen molar-refractivity contribution in [3.8, 4) is 0 Å². The molecule has 1 atom stereocenters. The lowest BCUT2D eigenvalue weighted by molar-refractivity contribution is -0.139. The van der Waals surface area contributed by atoms with Crippen molar-refractivity contribution in [3.05, 3.63) is 0 Å². The van der Waals surface area contributed by atoms with Gasteiger partial charge in [0.1, 0.15) is 0 Å². The second-order valence-electron chi connectivity index (χ2n) is 2.00. The van der Waals surface area contributed by atoms with Gasteiger partial charge in [-0.15, -0.1) is 5.16 Å². The Morgan fingerprint density at radius 2 is 2.40 bits per heavy atom. The predicted molar refractivity (Wildman–Crippen MR) is 36.3 cm³/mol. The Morgan fingerprint density at radius 3 is 2.70 bits per heavy atom. The van der Waals surface area contributed by atoms with Gasteiger partial charge in [0, 0.05) is 0 Å². The number of carboxylic acid groups (broad SMARTS) is 1. The fraction of sp³-hybridized carbons (Fsp3) is 0.667. The lowest BCUT2D eigenvalue weighted by atomic mass is 10.1. The Labute approximate surface area is 59.2 Å². The predicted octanol–water partition coefficient (Wildman–Crippen LogP) is 0.947. The van der Waals surface area contributed by atoms with E-state index in [9.17, 15) is 4.79 Å². The monoisotopic (exact) mass is 145 g/mol. The summed E-state index contributed by atoms with van der Waals surface area (Å²) in [7, 11) is 0. The van der Waals surface area contributed by atoms with Crippen LogP contribution < -0.4 is 0 Å². The molecule has 0 aromatic rings. The summed E-state index contributed by atoms with van der Waals surface area (Å²) in [5, 5.41) is 19.1. The molecule has 0 bridgehead atoms. The zero-order valence-electron chi connectivity index (χ0n) is 5.82. The molecule has 0 aromatic heterocycles. The maximum absolute atomic E-state index is 10.3. The number of hydrogen-bond acceptors (Lipinski definition) is 3. The molecule has 0 saturated carbocycles. The molecule has 1 unspecified atom stereocenters. The van der Waals surface area contributed by atoms with Crippen LogP contribution in [0, 0.1) is 5.92 Å². The lowest BCUT2D eigenvalue weighted by Crippen LogP contribution is -2.14. The van der Waals surface area contributed by atoms with Crippen LogP contribution in [-0.2, 0) is 4.79 Å². The van der Waals surface area contributed by atoms with E-state index in [1.165, 1.54) is 0 Å². The van der Waals surface area contributed by atoms with Crippen LogP contribution in [0.1, 0.15) is 19.8 Å². The van der Waals surface area contributed by atoms with Gasteiger partial charge in [0.25, 0.3) is 0 Å². The third-order valence-electron chi connectivity index (χ3n) is 1.16. The van der Waals surface area contributed by atoms with E-state index in [0.29, 0.717) is 6.42 Å². The average molecular weight is 145 g/mol. The minimum atomic E-state index is -0.945. The second kappa shape index (κ2) is 4.78. The highest BCUT2D eigenvalue weighted by Crippen LogP contribution is 2.02. The first kappa shape index (κ1) is 8.94. The molecule has 0 heterocycles. The van der Waals surface area contributed by atoms with Crippen LogP contribution in [0.5, 0.6) is 0 Å². The van der Waals surface area contributed by atoms with Crippen LogP contribution in [0.2, 0.25) is 0 Å². The maximum atomic E-state index is 10.3. The molecule has 0 aliphatic heterocycles. The summed E-state index contributed by atoms with van der Waals surface area (Å²) in [6, 6.07) is 0. The smallest absolute Gasteiger partial charge is 0.312 e. The highest BCUT2D eigenvalue weighted by atomic mass is 16.4. The molecule has 0 amide bonds. The van der Waals surface area contributed by atoms with Gasteiger partial charge in [-0.25, -0.2) is 0 Å². The first-order chi connectivity index (χ1) is 4.72. The second-order valence-corrected chi connectivity index (χ2v) is 2.00. The Hall–Kier alpha value is -1.06. The van der Waals surface area contributed by atoms with Crippen LogP contribution >= 0.6 is 0 Å². The Bertz CT molecular complexity index is 133. The molecular formula is C6H11NO3. The molecule has 2 N–H and O–H groups in total. The fourth-order valence-electron chi connectivity index (χ4n) is 0.653. The van der Waals surface area contributed by atoms with Crippen molar-refractivity contribution in [1.29, 1.82) is 0 Å². The van der Waals surface area contributed by atoms with E-state index in [0.717, 1.165) is 12.6 Å². The lowest BCUT2D eigenvalue weighted by Gasteiger charge is -2.01. The van der Waals surface area contributed by atoms with Crippen molar-refractivity contribution < 1.29 is 15.1 Å². The van der Waals surface area contributed by atoms with Crippen LogP contribution in [0.15, 0.2) is 5.16 Å². The van der Waals surface area contributed by atoms with Gasteiger partial charge in [0.2, 0.25) is 0 Å². The summed E-state index contributed by atoms with van der Waals surface area (Å²) in [5.41, 5.74) is 0. The van der Waals surface area contributed by atoms with E-state index in [-0.39, 0.29) is 0 Å². The fourth-order valence-corrected chi connectivity index (χ4v) is 0.653. The molecule has 0 aliphatic carbocycles. The molecular weight excluding hydrogens is 134 g/mol. The van der Waals surface area contributed by atoms with Crippen molar-refractivity contribution >= 4 is 12.2 Å². The van der Waals surface area contributed by atoms with Gasteiger partial charge in [-0.3, -0.25) is 4.79 Å². The van der Waals surface area contributed by atoms with Gasteiger partial charge in [0.15, 0.2) is 0 Å². The number of carbonyl (C=O) groups is 1. The number of hydrogen-bond donors (Lipinski definition) is 2. The minimum absolute atomic E-state index is 0.513. The molecule has 0 spiro atoms. The van der Waals surface area contributed by atoms with Crippen molar-refractivity contribution in [2.75, 3.05) is 0 Å². The molecule has 0 radical (unpaired) electrons. The molecule has 4 nitrogen and oxygen atoms in total. The molecule has 0 fully saturated rings. The van der Waals surface area contributed by atoms with Gasteiger partial charge >= 0.3 is 5.97 Å². The van der Waals surface area contributed by atoms with Crippen molar-refractivity contribution in [1.82, 2.24) is 0 Å². The van der Waals surface area contributed by atoms with Gasteiger partial charge in [-0.1, -0.05) is 13.3 Å². The molecule has 0 aliphatic rings. The van der Waals surface area contributed by atoms with E-state index < -0.39 is 11.9 Å². The minimum Gasteiger partial charge on any atom is -0.481 e. The highest BCUT2D eigenvalue weighted by Gasteiger charge is 2.12. The zero-order chi connectivity index (χ0) is 7.98. The topological polar surface area (TPSA) is 69.9 Å². The third kappa shape index (κ3) is 3.06. The molecule has 0 aromatic carbocycles. The number of rotatable bonds is 4. The normalized spacial score (nSPS) is 13.7. The van der Waals surface area contributed by atoms with Gasteiger partial charge in [-0.05, 0) is 6.42 Å². The maximum Gasteiger partial charge on any atom is 0.312 e. The molecule has 58 valence electrons. The quantitative estimate of drug-likeness (QED) is 0.351. The van der Waals surface area contributed by atoms with Crippen molar-refractivity contribution in [2.24, 2.45) is 11.1 Å². The van der Waals surface area contributed by atoms with E-state index >= 15 is 0 Å². The number of nitrogens with zero attached hydrogens (tertiary/aromatic N) is 1. The van der Waals surface area contributed by atoms with Gasteiger partial charge < -0.3 is 10.3 Å². The molecule has 4 heteroatoms. The largest absolute Gasteiger partial charge is 0.481 e. The molecule has 0 rings (SSSR count). The summed E-state index contributed by atoms with van der Waals surface area (Å²) >= 11 is 0. The zero-order valence-corrected chi connectivity index (χ0v) is 5.82. The van der Waals surface area contributed by atoms with Gasteiger partial charge in [0.05, 0.1) is 12.1 Å². The number of aliphatic carboxylic acids is 1. The highest BCUT2D eigenvalue weighted by molar-refractivity contribution is 5.88. The summed E-state index contributed by atoms with van der Waals surface area (Å²) in [6.07, 6.45) is 2.31. The van der Waals surface area contributed by atoms with Crippen LogP contribution in [-0.4, -0.2) is 22.5 Å². The van der Waals surface area contributed by atoms with E-state index in [2.05, 4.69) is 5.16 Å². The molecule has 0 saturated heterocycles. The van der Waals surface area contributed by atoms with Crippen molar-refractivity contribution in [2.45, 2.75) is 19.8 Å². The SMILES string of the molecule is CCCC(C=NO)C(=O)O. The van der Waals surface area contributed by atoms with Crippen LogP contribution in [0.3, 0.4) is 0 Å². The van der Waals surface area contributed by atoms with Crippen molar-refractivity contribution in [3.63, 3.8) is 0 Å². The average Bonchev–Trinajstić information content (AvgIpc) is 1.87. The summed E-state index contributed by atoms with van der Waals surface area (Å²) in [4.78, 5) is 10.3. The first-order valence-electron chi connectivity index (χ1n) is 3.12. The van der Waals surface area contributed by atoms with Crippen LogP contribution in [0.25, 0.3) is 0 Å². The Morgan fingerprint density at radius 1 is 1.80 bits per heavy atom. The summed E-state index contributed by atoms with van der Waals surface area (Å²) in [5.74, 6) is -1.59. The van der Waals surface area contributed by atoms with E-state index in [1.54, 1.807) is 0 Å². The van der Waals surface area contributed by atoms with E-state index in [4.69, 9.17) is 10.3 Å². The van der Waals surface area contributed by atoms with Crippen LogP contribution in [0.4, 0.5) is 0 Å². The first-order valence-corrected chi connectivity index (χ1v) is 3.12. The van der Waals surface area contributed by atoms with Gasteiger partial charge in [-0.2, -0.15) is 0 Å². The summed E-state index contributed by atoms with van der Waals surface area (Å²) < 4.78 is 0. The van der Waals surface area contributed by atoms with E-state index in [1.807, 2.05) is 6.92 Å².